The zero-order chi connectivity index (χ0) is 12.8. The summed E-state index contributed by atoms with van der Waals surface area (Å²) < 4.78 is 10.2. The van der Waals surface area contributed by atoms with Gasteiger partial charge in [0.1, 0.15) is 0 Å². The van der Waals surface area contributed by atoms with E-state index in [2.05, 4.69) is 23.6 Å². The van der Waals surface area contributed by atoms with Gasteiger partial charge in [0.2, 0.25) is 5.76 Å². The van der Waals surface area contributed by atoms with Crippen LogP contribution in [0.1, 0.15) is 55.8 Å². The molecule has 0 fully saturated rings. The topological polar surface area (TPSA) is 52.3 Å². The molecule has 0 amide bonds. The molecule has 0 aromatic carbocycles. The average Bonchev–Trinajstić information content (AvgIpc) is 2.69. The monoisotopic (exact) mass is 239 g/mol. The van der Waals surface area contributed by atoms with Crippen LogP contribution in [0.25, 0.3) is 0 Å². The Morgan fingerprint density at radius 1 is 1.41 bits per heavy atom. The Morgan fingerprint density at radius 3 is 2.65 bits per heavy atom. The van der Waals surface area contributed by atoms with E-state index in [9.17, 15) is 4.79 Å². The van der Waals surface area contributed by atoms with Gasteiger partial charge in [0, 0.05) is 6.42 Å². The molecule has 1 heterocycles. The lowest BCUT2D eigenvalue weighted by molar-refractivity contribution is 0.0561. The first-order valence-electron chi connectivity index (χ1n) is 6.15. The number of carbonyl (C=O) groups excluding carboxylic acids is 1. The van der Waals surface area contributed by atoms with Crippen molar-refractivity contribution in [1.82, 2.24) is 4.98 Å². The molecule has 1 rings (SSSR count). The summed E-state index contributed by atoms with van der Waals surface area (Å²) in [5.74, 6) is 1.07. The molecule has 0 spiro atoms. The van der Waals surface area contributed by atoms with E-state index in [1.165, 1.54) is 7.11 Å². The van der Waals surface area contributed by atoms with Gasteiger partial charge in [-0.1, -0.05) is 27.2 Å². The summed E-state index contributed by atoms with van der Waals surface area (Å²) in [4.78, 5) is 15.9. The summed E-state index contributed by atoms with van der Waals surface area (Å²) in [6.07, 6.45) is 3.45. The van der Waals surface area contributed by atoms with E-state index in [1.54, 1.807) is 0 Å². The third-order valence-corrected chi connectivity index (χ3v) is 2.53. The molecule has 0 bridgehead atoms. The number of esters is 1. The predicted molar refractivity (Wildman–Crippen MR) is 65.0 cm³/mol. The van der Waals surface area contributed by atoms with Gasteiger partial charge in [-0.05, 0) is 18.8 Å². The molecule has 0 saturated carbocycles. The maximum Gasteiger partial charge on any atom is 0.375 e. The van der Waals surface area contributed by atoms with Crippen LogP contribution in [0.15, 0.2) is 4.42 Å². The Morgan fingerprint density at radius 2 is 2.12 bits per heavy atom. The van der Waals surface area contributed by atoms with Gasteiger partial charge in [-0.3, -0.25) is 0 Å². The predicted octanol–water partition coefficient (Wildman–Crippen LogP) is 3.00. The minimum Gasteiger partial charge on any atom is -0.463 e. The quantitative estimate of drug-likeness (QED) is 0.716. The smallest absolute Gasteiger partial charge is 0.375 e. The maximum absolute atomic E-state index is 11.5. The number of nitrogens with zero attached hydrogens (tertiary/aromatic N) is 1. The largest absolute Gasteiger partial charge is 0.463 e. The molecule has 1 aromatic heterocycles. The highest BCUT2D eigenvalue weighted by Gasteiger charge is 2.20. The fourth-order valence-corrected chi connectivity index (χ4v) is 1.58. The van der Waals surface area contributed by atoms with Crippen LogP contribution in [0.2, 0.25) is 0 Å². The third kappa shape index (κ3) is 3.88. The molecule has 0 aliphatic heterocycles. The molecular formula is C13H21NO3. The van der Waals surface area contributed by atoms with Gasteiger partial charge in [-0.25, -0.2) is 9.78 Å². The molecule has 0 unspecified atom stereocenters. The number of carbonyl (C=O) groups is 1. The van der Waals surface area contributed by atoms with Crippen molar-refractivity contribution in [3.05, 3.63) is 17.3 Å². The van der Waals surface area contributed by atoms with Crippen LogP contribution in [0.4, 0.5) is 0 Å². The SMILES string of the molecule is CCCc1nc(CCC(C)C)oc1C(=O)OC. The second-order valence-corrected chi connectivity index (χ2v) is 4.56. The Balaban J connectivity index is 2.83. The third-order valence-electron chi connectivity index (χ3n) is 2.53. The number of hydrogen-bond donors (Lipinski definition) is 0. The van der Waals surface area contributed by atoms with Crippen LogP contribution in [0.5, 0.6) is 0 Å². The molecule has 4 nitrogen and oxygen atoms in total. The molecule has 1 aromatic rings. The van der Waals surface area contributed by atoms with E-state index < -0.39 is 5.97 Å². The molecule has 0 aliphatic carbocycles. The number of aryl methyl sites for hydroxylation is 2. The number of rotatable bonds is 6. The molecule has 0 saturated heterocycles. The van der Waals surface area contributed by atoms with Crippen molar-refractivity contribution in [3.63, 3.8) is 0 Å². The lowest BCUT2D eigenvalue weighted by Gasteiger charge is -1.99. The van der Waals surface area contributed by atoms with Crippen LogP contribution in [-0.4, -0.2) is 18.1 Å². The van der Waals surface area contributed by atoms with Crippen molar-refractivity contribution in [1.29, 1.82) is 0 Å². The average molecular weight is 239 g/mol. The van der Waals surface area contributed by atoms with E-state index >= 15 is 0 Å². The fourth-order valence-electron chi connectivity index (χ4n) is 1.58. The molecule has 0 atom stereocenters. The molecule has 17 heavy (non-hydrogen) atoms. The zero-order valence-electron chi connectivity index (χ0n) is 11.1. The number of aromatic nitrogens is 1. The van der Waals surface area contributed by atoms with Crippen molar-refractivity contribution >= 4 is 5.97 Å². The lowest BCUT2D eigenvalue weighted by atomic mass is 10.1. The summed E-state index contributed by atoms with van der Waals surface area (Å²) in [7, 11) is 1.36. The standard InChI is InChI=1S/C13H21NO3/c1-5-6-10-12(13(15)16-4)17-11(14-10)8-7-9(2)3/h9H,5-8H2,1-4H3. The first-order chi connectivity index (χ1) is 8.08. The van der Waals surface area contributed by atoms with Crippen molar-refractivity contribution < 1.29 is 13.9 Å². The van der Waals surface area contributed by atoms with Gasteiger partial charge in [-0.2, -0.15) is 0 Å². The Bertz CT molecular complexity index is 369. The molecule has 0 radical (unpaired) electrons. The first kappa shape index (κ1) is 13.7. The van der Waals surface area contributed by atoms with E-state index in [1.807, 2.05) is 6.92 Å². The summed E-state index contributed by atoms with van der Waals surface area (Å²) in [6, 6.07) is 0. The number of methoxy groups -OCH3 is 1. The second kappa shape index (κ2) is 6.42. The van der Waals surface area contributed by atoms with Crippen molar-refractivity contribution in [2.45, 2.75) is 46.5 Å². The lowest BCUT2D eigenvalue weighted by Crippen LogP contribution is -2.03. The van der Waals surface area contributed by atoms with Gasteiger partial charge >= 0.3 is 5.97 Å². The van der Waals surface area contributed by atoms with Gasteiger partial charge in [-0.15, -0.1) is 0 Å². The highest BCUT2D eigenvalue weighted by Crippen LogP contribution is 2.17. The van der Waals surface area contributed by atoms with Crippen LogP contribution in [-0.2, 0) is 17.6 Å². The number of oxazole rings is 1. The van der Waals surface area contributed by atoms with Gasteiger partial charge in [0.05, 0.1) is 12.8 Å². The molecule has 96 valence electrons. The van der Waals surface area contributed by atoms with Crippen LogP contribution < -0.4 is 0 Å². The summed E-state index contributed by atoms with van der Waals surface area (Å²) >= 11 is 0. The minimum atomic E-state index is -0.434. The second-order valence-electron chi connectivity index (χ2n) is 4.56. The highest BCUT2D eigenvalue weighted by atomic mass is 16.5. The van der Waals surface area contributed by atoms with E-state index in [4.69, 9.17) is 4.42 Å². The summed E-state index contributed by atoms with van der Waals surface area (Å²) in [5, 5.41) is 0. The fraction of sp³-hybridized carbons (Fsp3) is 0.692. The van der Waals surface area contributed by atoms with E-state index in [0.717, 1.165) is 31.4 Å². The minimum absolute atomic E-state index is 0.271. The van der Waals surface area contributed by atoms with E-state index in [-0.39, 0.29) is 5.76 Å². The molecule has 4 heteroatoms. The maximum atomic E-state index is 11.5. The molecule has 0 N–H and O–H groups in total. The van der Waals surface area contributed by atoms with Crippen LogP contribution in [0.3, 0.4) is 0 Å². The van der Waals surface area contributed by atoms with Crippen molar-refractivity contribution in [3.8, 4) is 0 Å². The van der Waals surface area contributed by atoms with Crippen molar-refractivity contribution in [2.24, 2.45) is 5.92 Å². The first-order valence-corrected chi connectivity index (χ1v) is 6.15. The van der Waals surface area contributed by atoms with Crippen LogP contribution >= 0.6 is 0 Å². The molecular weight excluding hydrogens is 218 g/mol. The molecule has 0 aliphatic rings. The Hall–Kier alpha value is -1.32. The van der Waals surface area contributed by atoms with Crippen LogP contribution in [0, 0.1) is 5.92 Å². The zero-order valence-corrected chi connectivity index (χ0v) is 11.1. The van der Waals surface area contributed by atoms with E-state index in [0.29, 0.717) is 11.8 Å². The highest BCUT2D eigenvalue weighted by molar-refractivity contribution is 5.87. The van der Waals surface area contributed by atoms with Crippen molar-refractivity contribution in [2.75, 3.05) is 7.11 Å². The van der Waals surface area contributed by atoms with Gasteiger partial charge in [0.15, 0.2) is 5.89 Å². The normalized spacial score (nSPS) is 10.9. The number of ether oxygens (including phenoxy) is 1. The summed E-state index contributed by atoms with van der Waals surface area (Å²) in [6.45, 7) is 6.34. The number of hydrogen-bond acceptors (Lipinski definition) is 4. The Labute approximate surface area is 102 Å². The van der Waals surface area contributed by atoms with Gasteiger partial charge in [0.25, 0.3) is 0 Å². The summed E-state index contributed by atoms with van der Waals surface area (Å²) in [5.41, 5.74) is 0.720. The Kier molecular flexibility index (Phi) is 5.19. The van der Waals surface area contributed by atoms with Gasteiger partial charge < -0.3 is 9.15 Å².